The van der Waals surface area contributed by atoms with E-state index in [1.54, 1.807) is 18.5 Å². The van der Waals surface area contributed by atoms with E-state index in [0.29, 0.717) is 18.5 Å². The molecular weight excluding hydrogens is 469 g/mol. The monoisotopic (exact) mass is 490 g/mol. The molecule has 27 heavy (non-hydrogen) atoms. The average molecular weight is 490 g/mol. The third-order valence-electron chi connectivity index (χ3n) is 3.96. The summed E-state index contributed by atoms with van der Waals surface area (Å²) in [5.74, 6) is -0.435. The number of aliphatic imine (C=N–C) groups is 1. The van der Waals surface area contributed by atoms with E-state index >= 15 is 0 Å². The molecule has 7 nitrogen and oxygen atoms in total. The van der Waals surface area contributed by atoms with Crippen molar-refractivity contribution >= 4 is 35.9 Å². The standard InChI is InChI=1S/C17H20F2N6O.HI/c18-14-3-2-13(12-15(14)19)26-11-6-21-16(20)24-7-9-25(10-8-24)17-22-4-1-5-23-17;/h1-5,12H,6-11H2,(H2,20,21);1H. The van der Waals surface area contributed by atoms with E-state index in [0.717, 1.165) is 38.3 Å². The molecule has 2 aromatic rings. The van der Waals surface area contributed by atoms with Crippen LogP contribution in [0.3, 0.4) is 0 Å². The molecule has 1 aromatic heterocycles. The Bertz CT molecular complexity index is 756. The molecule has 0 saturated carbocycles. The lowest BCUT2D eigenvalue weighted by atomic mass is 10.3. The molecule has 0 aliphatic carbocycles. The van der Waals surface area contributed by atoms with Gasteiger partial charge in [-0.3, -0.25) is 0 Å². The Morgan fingerprint density at radius 2 is 1.81 bits per heavy atom. The molecule has 0 unspecified atom stereocenters. The van der Waals surface area contributed by atoms with Crippen molar-refractivity contribution in [1.29, 1.82) is 0 Å². The number of piperazine rings is 1. The fourth-order valence-electron chi connectivity index (χ4n) is 2.58. The van der Waals surface area contributed by atoms with Gasteiger partial charge in [0.2, 0.25) is 5.95 Å². The molecule has 0 spiro atoms. The number of rotatable bonds is 5. The van der Waals surface area contributed by atoms with Gasteiger partial charge < -0.3 is 20.3 Å². The van der Waals surface area contributed by atoms with Gasteiger partial charge in [0.15, 0.2) is 17.6 Å². The number of benzene rings is 1. The largest absolute Gasteiger partial charge is 0.492 e. The van der Waals surface area contributed by atoms with Crippen molar-refractivity contribution < 1.29 is 13.5 Å². The van der Waals surface area contributed by atoms with E-state index in [1.807, 2.05) is 4.90 Å². The molecule has 1 aliphatic heterocycles. The van der Waals surface area contributed by atoms with Crippen molar-refractivity contribution in [2.45, 2.75) is 0 Å². The van der Waals surface area contributed by atoms with E-state index in [9.17, 15) is 8.78 Å². The molecule has 1 saturated heterocycles. The normalized spacial score (nSPS) is 14.7. The minimum atomic E-state index is -0.939. The van der Waals surface area contributed by atoms with Gasteiger partial charge in [-0.15, -0.1) is 24.0 Å². The number of nitrogens with two attached hydrogens (primary N) is 1. The topological polar surface area (TPSA) is 79.9 Å². The molecule has 2 heterocycles. The number of guanidine groups is 1. The fraction of sp³-hybridized carbons (Fsp3) is 0.353. The predicted octanol–water partition coefficient (Wildman–Crippen LogP) is 1.89. The van der Waals surface area contributed by atoms with Crippen LogP contribution in [0.1, 0.15) is 0 Å². The summed E-state index contributed by atoms with van der Waals surface area (Å²) >= 11 is 0. The Balaban J connectivity index is 0.00000261. The number of hydrogen-bond acceptors (Lipinski definition) is 5. The van der Waals surface area contributed by atoms with Gasteiger partial charge in [-0.25, -0.2) is 23.7 Å². The van der Waals surface area contributed by atoms with E-state index in [2.05, 4.69) is 19.9 Å². The van der Waals surface area contributed by atoms with Crippen molar-refractivity contribution in [2.75, 3.05) is 44.2 Å². The van der Waals surface area contributed by atoms with Gasteiger partial charge >= 0.3 is 0 Å². The highest BCUT2D eigenvalue weighted by atomic mass is 127. The lowest BCUT2D eigenvalue weighted by molar-refractivity contribution is 0.322. The number of halogens is 3. The Morgan fingerprint density at radius 3 is 2.48 bits per heavy atom. The first-order chi connectivity index (χ1) is 12.6. The summed E-state index contributed by atoms with van der Waals surface area (Å²) < 4.78 is 31.3. The first-order valence-corrected chi connectivity index (χ1v) is 8.28. The number of hydrogen-bond donors (Lipinski definition) is 1. The van der Waals surface area contributed by atoms with Crippen molar-refractivity contribution in [1.82, 2.24) is 14.9 Å². The highest BCUT2D eigenvalue weighted by molar-refractivity contribution is 14.0. The van der Waals surface area contributed by atoms with Crippen LogP contribution in [0.5, 0.6) is 5.75 Å². The zero-order chi connectivity index (χ0) is 18.4. The second kappa shape index (κ2) is 10.2. The van der Waals surface area contributed by atoms with Crippen molar-refractivity contribution in [3.8, 4) is 5.75 Å². The minimum Gasteiger partial charge on any atom is -0.492 e. The summed E-state index contributed by atoms with van der Waals surface area (Å²) in [7, 11) is 0. The van der Waals surface area contributed by atoms with Gasteiger partial charge in [-0.05, 0) is 18.2 Å². The first kappa shape index (κ1) is 21.1. The van der Waals surface area contributed by atoms with Crippen LogP contribution in [0.2, 0.25) is 0 Å². The third-order valence-corrected chi connectivity index (χ3v) is 3.96. The lowest BCUT2D eigenvalue weighted by Crippen LogP contribution is -2.51. The summed E-state index contributed by atoms with van der Waals surface area (Å²) in [4.78, 5) is 16.8. The van der Waals surface area contributed by atoms with Gasteiger partial charge in [0.05, 0.1) is 6.54 Å². The van der Waals surface area contributed by atoms with E-state index in [-0.39, 0.29) is 36.3 Å². The minimum absolute atomic E-state index is 0. The zero-order valence-electron chi connectivity index (χ0n) is 14.6. The Labute approximate surface area is 173 Å². The number of aromatic nitrogens is 2. The molecule has 1 fully saturated rings. The van der Waals surface area contributed by atoms with Crippen molar-refractivity contribution in [3.63, 3.8) is 0 Å². The summed E-state index contributed by atoms with van der Waals surface area (Å²) in [6.07, 6.45) is 3.44. The van der Waals surface area contributed by atoms with Gasteiger partial charge in [-0.2, -0.15) is 0 Å². The summed E-state index contributed by atoms with van der Waals surface area (Å²) in [6, 6.07) is 5.19. The maximum atomic E-state index is 13.1. The second-order valence-corrected chi connectivity index (χ2v) is 5.69. The second-order valence-electron chi connectivity index (χ2n) is 5.69. The quantitative estimate of drug-likeness (QED) is 0.299. The molecule has 1 aromatic carbocycles. The molecule has 0 bridgehead atoms. The molecule has 10 heteroatoms. The maximum Gasteiger partial charge on any atom is 0.225 e. The molecule has 0 amide bonds. The lowest BCUT2D eigenvalue weighted by Gasteiger charge is -2.35. The van der Waals surface area contributed by atoms with Gasteiger partial charge in [0.1, 0.15) is 12.4 Å². The Morgan fingerprint density at radius 1 is 1.11 bits per heavy atom. The van der Waals surface area contributed by atoms with Crippen LogP contribution in [0.4, 0.5) is 14.7 Å². The Hall–Kier alpha value is -2.24. The van der Waals surface area contributed by atoms with Crippen LogP contribution in [0.15, 0.2) is 41.7 Å². The molecule has 146 valence electrons. The number of ether oxygens (including phenoxy) is 1. The third kappa shape index (κ3) is 5.88. The molecule has 3 rings (SSSR count). The van der Waals surface area contributed by atoms with Crippen LogP contribution < -0.4 is 15.4 Å². The van der Waals surface area contributed by atoms with E-state index in [1.165, 1.54) is 6.07 Å². The number of anilines is 1. The van der Waals surface area contributed by atoms with E-state index in [4.69, 9.17) is 10.5 Å². The van der Waals surface area contributed by atoms with Crippen LogP contribution in [-0.4, -0.2) is 60.2 Å². The van der Waals surface area contributed by atoms with E-state index < -0.39 is 11.6 Å². The zero-order valence-corrected chi connectivity index (χ0v) is 16.9. The summed E-state index contributed by atoms with van der Waals surface area (Å²) in [6.45, 7) is 3.50. The van der Waals surface area contributed by atoms with Crippen molar-refractivity contribution in [2.24, 2.45) is 10.7 Å². The number of nitrogens with zero attached hydrogens (tertiary/aromatic N) is 5. The molecule has 2 N–H and O–H groups in total. The average Bonchev–Trinajstić information content (AvgIpc) is 2.68. The van der Waals surface area contributed by atoms with Gasteiger partial charge in [0.25, 0.3) is 0 Å². The smallest absolute Gasteiger partial charge is 0.225 e. The fourth-order valence-corrected chi connectivity index (χ4v) is 2.58. The highest BCUT2D eigenvalue weighted by Crippen LogP contribution is 2.15. The molecular formula is C17H21F2IN6O. The van der Waals surface area contributed by atoms with Crippen LogP contribution in [0, 0.1) is 11.6 Å². The summed E-state index contributed by atoms with van der Waals surface area (Å²) in [5, 5.41) is 0. The Kier molecular flexibility index (Phi) is 7.95. The van der Waals surface area contributed by atoms with Gasteiger partial charge in [-0.1, -0.05) is 0 Å². The predicted molar refractivity (Wildman–Crippen MR) is 110 cm³/mol. The first-order valence-electron chi connectivity index (χ1n) is 8.28. The van der Waals surface area contributed by atoms with Crippen molar-refractivity contribution in [3.05, 3.63) is 48.3 Å². The molecule has 1 aliphatic rings. The molecule has 0 atom stereocenters. The highest BCUT2D eigenvalue weighted by Gasteiger charge is 2.19. The molecule has 0 radical (unpaired) electrons. The van der Waals surface area contributed by atoms with Gasteiger partial charge in [0, 0.05) is 44.6 Å². The van der Waals surface area contributed by atoms with Crippen LogP contribution >= 0.6 is 24.0 Å². The SMILES string of the molecule is I.NC(=NCCOc1ccc(F)c(F)c1)N1CCN(c2ncccn2)CC1. The van der Waals surface area contributed by atoms with Crippen LogP contribution in [0.25, 0.3) is 0 Å². The van der Waals surface area contributed by atoms with Crippen LogP contribution in [-0.2, 0) is 0 Å². The summed E-state index contributed by atoms with van der Waals surface area (Å²) in [5.41, 5.74) is 6.02. The maximum absolute atomic E-state index is 13.1.